The first-order valence-corrected chi connectivity index (χ1v) is 2.79. The summed E-state index contributed by atoms with van der Waals surface area (Å²) in [7, 11) is 5.63. The maximum Gasteiger partial charge on any atom is 0.0107 e. The number of hydrogen-bond acceptors (Lipinski definition) is 2. The van der Waals surface area contributed by atoms with Gasteiger partial charge in [-0.3, -0.25) is 0 Å². The molecule has 2 heteroatoms. The van der Waals surface area contributed by atoms with Crippen LogP contribution < -0.4 is 5.32 Å². The molecular weight excluding hydrogens is 100 g/mol. The molecule has 48 valence electrons. The van der Waals surface area contributed by atoms with E-state index in [1.165, 1.54) is 0 Å². The Morgan fingerprint density at radius 1 is 1.62 bits per heavy atom. The second-order valence-electron chi connectivity index (χ2n) is 1.83. The Balaban J connectivity index is 2.72. The van der Waals surface area contributed by atoms with Gasteiger partial charge in [-0.2, -0.15) is 0 Å². The van der Waals surface area contributed by atoms with E-state index in [0.29, 0.717) is 0 Å². The quantitative estimate of drug-likeness (QED) is 0.523. The molecule has 0 aliphatic rings. The van der Waals surface area contributed by atoms with Crippen molar-refractivity contribution in [3.8, 4) is 0 Å². The summed E-state index contributed by atoms with van der Waals surface area (Å²) in [4.78, 5) is 1.89. The molecule has 0 spiro atoms. The molecular formula is C6H14N2. The second kappa shape index (κ2) is 5.06. The molecule has 0 aliphatic carbocycles. The average Bonchev–Trinajstić information content (AvgIpc) is 1.66. The first-order valence-electron chi connectivity index (χ1n) is 2.79. The van der Waals surface area contributed by atoms with Crippen LogP contribution in [0.1, 0.15) is 0 Å². The first kappa shape index (κ1) is 7.92. The van der Waals surface area contributed by atoms with Crippen molar-refractivity contribution >= 4 is 0 Å². The van der Waals surface area contributed by atoms with E-state index in [4.69, 9.17) is 0 Å². The fraction of sp³-hybridized carbons (Fsp3) is 0.667. The standard InChI is InChI=1S/C6H14N2/c1-4-7-5-6-8(2)3/h7H,1-2,4-6H2,3H3. The van der Waals surface area contributed by atoms with Crippen LogP contribution >= 0.6 is 0 Å². The minimum atomic E-state index is 0.799. The Hall–Kier alpha value is -0.0800. The van der Waals surface area contributed by atoms with E-state index in [2.05, 4.69) is 19.3 Å². The third-order valence-corrected chi connectivity index (χ3v) is 0.847. The van der Waals surface area contributed by atoms with Gasteiger partial charge in [0.15, 0.2) is 0 Å². The summed E-state index contributed by atoms with van der Waals surface area (Å²) in [6, 6.07) is 0. The zero-order chi connectivity index (χ0) is 6.41. The number of nitrogens with one attached hydrogen (secondary N) is 1. The Morgan fingerprint density at radius 3 is 2.62 bits per heavy atom. The predicted octanol–water partition coefficient (Wildman–Crippen LogP) is 0.133. The second-order valence-corrected chi connectivity index (χ2v) is 1.83. The molecule has 0 aliphatic heterocycles. The summed E-state index contributed by atoms with van der Waals surface area (Å²) in [5, 5.41) is 3.09. The van der Waals surface area contributed by atoms with E-state index >= 15 is 0 Å². The average molecular weight is 114 g/mol. The Morgan fingerprint density at radius 2 is 2.25 bits per heavy atom. The zero-order valence-electron chi connectivity index (χ0n) is 5.48. The van der Waals surface area contributed by atoms with Gasteiger partial charge in [-0.1, -0.05) is 0 Å². The van der Waals surface area contributed by atoms with Crippen LogP contribution in [0.15, 0.2) is 0 Å². The molecule has 2 nitrogen and oxygen atoms in total. The highest BCUT2D eigenvalue weighted by atomic mass is 15.1. The van der Waals surface area contributed by atoms with Gasteiger partial charge >= 0.3 is 0 Å². The summed E-state index contributed by atoms with van der Waals surface area (Å²) >= 11 is 0. The van der Waals surface area contributed by atoms with E-state index in [9.17, 15) is 0 Å². The fourth-order valence-corrected chi connectivity index (χ4v) is 0.395. The summed E-state index contributed by atoms with van der Waals surface area (Å²) in [5.74, 6) is 0. The van der Waals surface area contributed by atoms with Gasteiger partial charge in [0.2, 0.25) is 0 Å². The van der Waals surface area contributed by atoms with Gasteiger partial charge in [-0.25, -0.2) is 0 Å². The molecule has 0 aromatic carbocycles. The van der Waals surface area contributed by atoms with Crippen molar-refractivity contribution in [2.45, 2.75) is 0 Å². The monoisotopic (exact) mass is 114 g/mol. The van der Waals surface area contributed by atoms with Crippen LogP contribution in [0.4, 0.5) is 0 Å². The van der Waals surface area contributed by atoms with Gasteiger partial charge in [0.1, 0.15) is 0 Å². The molecule has 0 rings (SSSR count). The highest BCUT2D eigenvalue weighted by Gasteiger charge is 1.85. The predicted molar refractivity (Wildman–Crippen MR) is 36.2 cm³/mol. The van der Waals surface area contributed by atoms with E-state index in [0.717, 1.165) is 19.6 Å². The third kappa shape index (κ3) is 5.92. The lowest BCUT2D eigenvalue weighted by Gasteiger charge is -2.07. The van der Waals surface area contributed by atoms with Gasteiger partial charge in [-0.15, -0.1) is 0 Å². The molecule has 0 heterocycles. The highest BCUT2D eigenvalue weighted by Crippen LogP contribution is 1.71. The molecule has 0 saturated carbocycles. The van der Waals surface area contributed by atoms with Crippen molar-refractivity contribution < 1.29 is 0 Å². The molecule has 0 fully saturated rings. The van der Waals surface area contributed by atoms with Crippen molar-refractivity contribution in [1.82, 2.24) is 10.2 Å². The number of likely N-dealkylation sites (N-methyl/N-ethyl adjacent to an activating group) is 1. The topological polar surface area (TPSA) is 15.3 Å². The van der Waals surface area contributed by atoms with E-state index in [-0.39, 0.29) is 0 Å². The van der Waals surface area contributed by atoms with Crippen LogP contribution in [0.2, 0.25) is 0 Å². The summed E-state index contributed by atoms with van der Waals surface area (Å²) < 4.78 is 0. The molecule has 8 heavy (non-hydrogen) atoms. The van der Waals surface area contributed by atoms with E-state index < -0.39 is 0 Å². The minimum Gasteiger partial charge on any atom is -0.315 e. The number of nitrogens with zero attached hydrogens (tertiary/aromatic N) is 1. The third-order valence-electron chi connectivity index (χ3n) is 0.847. The Kier molecular flexibility index (Phi) is 5.01. The summed E-state index contributed by atoms with van der Waals surface area (Å²) in [6.07, 6.45) is 0. The van der Waals surface area contributed by atoms with Gasteiger partial charge in [0.05, 0.1) is 0 Å². The molecule has 0 atom stereocenters. The number of rotatable bonds is 4. The van der Waals surface area contributed by atoms with Crippen LogP contribution in [0.5, 0.6) is 0 Å². The summed E-state index contributed by atoms with van der Waals surface area (Å²) in [6.45, 7) is 6.39. The van der Waals surface area contributed by atoms with Gasteiger partial charge in [-0.05, 0) is 20.5 Å². The fourth-order valence-electron chi connectivity index (χ4n) is 0.395. The Labute approximate surface area is 51.9 Å². The molecule has 0 aromatic rings. The van der Waals surface area contributed by atoms with Crippen molar-refractivity contribution in [2.24, 2.45) is 0 Å². The smallest absolute Gasteiger partial charge is 0.0107 e. The molecule has 0 amide bonds. The molecule has 0 aromatic heterocycles. The lowest BCUT2D eigenvalue weighted by atomic mass is 10.5. The lowest BCUT2D eigenvalue weighted by molar-refractivity contribution is 0.442. The molecule has 0 bridgehead atoms. The van der Waals surface area contributed by atoms with Crippen molar-refractivity contribution in [1.29, 1.82) is 0 Å². The van der Waals surface area contributed by atoms with Crippen LogP contribution in [0.3, 0.4) is 0 Å². The van der Waals surface area contributed by atoms with Crippen molar-refractivity contribution in [3.63, 3.8) is 0 Å². The lowest BCUT2D eigenvalue weighted by Crippen LogP contribution is -2.25. The molecule has 0 unspecified atom stereocenters. The van der Waals surface area contributed by atoms with Crippen LogP contribution in [0, 0.1) is 14.0 Å². The molecule has 2 radical (unpaired) electrons. The van der Waals surface area contributed by atoms with Crippen LogP contribution in [-0.2, 0) is 0 Å². The van der Waals surface area contributed by atoms with Gasteiger partial charge in [0.25, 0.3) is 0 Å². The maximum absolute atomic E-state index is 3.68. The Bertz CT molecular complexity index is 43.8. The maximum atomic E-state index is 3.68. The van der Waals surface area contributed by atoms with Crippen molar-refractivity contribution in [2.75, 3.05) is 26.7 Å². The van der Waals surface area contributed by atoms with Crippen LogP contribution in [-0.4, -0.2) is 31.6 Å². The SMILES string of the molecule is [CH2]CNCCN([CH2])C. The van der Waals surface area contributed by atoms with Gasteiger partial charge in [0, 0.05) is 20.1 Å². The van der Waals surface area contributed by atoms with Crippen LogP contribution in [0.25, 0.3) is 0 Å². The largest absolute Gasteiger partial charge is 0.315 e. The first-order chi connectivity index (χ1) is 3.77. The highest BCUT2D eigenvalue weighted by molar-refractivity contribution is 4.52. The zero-order valence-corrected chi connectivity index (χ0v) is 5.48. The van der Waals surface area contributed by atoms with Crippen molar-refractivity contribution in [3.05, 3.63) is 14.0 Å². The molecule has 1 N–H and O–H groups in total. The molecule has 0 saturated heterocycles. The normalized spacial score (nSPS) is 10.5. The summed E-state index contributed by atoms with van der Waals surface area (Å²) in [5.41, 5.74) is 0. The minimum absolute atomic E-state index is 0.799. The number of hydrogen-bond donors (Lipinski definition) is 1. The van der Waals surface area contributed by atoms with Gasteiger partial charge < -0.3 is 10.2 Å². The van der Waals surface area contributed by atoms with E-state index in [1.807, 2.05) is 11.9 Å². The van der Waals surface area contributed by atoms with E-state index in [1.54, 1.807) is 0 Å².